The second-order valence-corrected chi connectivity index (χ2v) is 12.4. The zero-order valence-electron chi connectivity index (χ0n) is 17.4. The lowest BCUT2D eigenvalue weighted by molar-refractivity contribution is -0.132. The van der Waals surface area contributed by atoms with E-state index >= 15 is 0 Å². The summed E-state index contributed by atoms with van der Waals surface area (Å²) in [5, 5.41) is 1.50. The quantitative estimate of drug-likeness (QED) is 0.513. The maximum absolute atomic E-state index is 13.0. The van der Waals surface area contributed by atoms with E-state index in [1.165, 1.54) is 35.0 Å². The topological polar surface area (TPSA) is 106 Å². The molecule has 2 N–H and O–H groups in total. The van der Waals surface area contributed by atoms with E-state index in [4.69, 9.17) is 5.73 Å². The van der Waals surface area contributed by atoms with Gasteiger partial charge in [-0.1, -0.05) is 18.7 Å². The lowest BCUT2D eigenvalue weighted by Crippen LogP contribution is -2.47. The molecule has 1 fully saturated rings. The number of amides is 1. The van der Waals surface area contributed by atoms with Crippen molar-refractivity contribution in [2.24, 2.45) is 0 Å². The van der Waals surface area contributed by atoms with Crippen LogP contribution in [0.15, 0.2) is 5.16 Å². The lowest BCUT2D eigenvalue weighted by Gasteiger charge is -2.33. The third kappa shape index (κ3) is 4.31. The molecule has 0 aromatic carbocycles. The van der Waals surface area contributed by atoms with E-state index < -0.39 is 9.84 Å². The van der Waals surface area contributed by atoms with Crippen molar-refractivity contribution in [3.8, 4) is 0 Å². The van der Waals surface area contributed by atoms with Crippen LogP contribution in [0.25, 0.3) is 10.2 Å². The molecule has 7 nitrogen and oxygen atoms in total. The van der Waals surface area contributed by atoms with Gasteiger partial charge >= 0.3 is 0 Å². The maximum atomic E-state index is 13.0. The average Bonchev–Trinajstić information content (AvgIpc) is 3.26. The standard InChI is InChI=1S/C20H28N4O3S3/c1-3-12(2)24(13-8-9-30(26,27)11-13)16(25)10-28-20-22-18(21)17-14-6-4-5-7-15(14)29-19(17)23-20/h12-13H,3-11H2,1-2H3,(H2,21,22,23)/t12-,13+/m1/s1. The number of rotatable bonds is 6. The molecule has 0 spiro atoms. The summed E-state index contributed by atoms with van der Waals surface area (Å²) in [6.07, 6.45) is 5.77. The first-order valence-corrected chi connectivity index (χ1v) is 14.1. The molecule has 30 heavy (non-hydrogen) atoms. The molecule has 0 unspecified atom stereocenters. The van der Waals surface area contributed by atoms with E-state index in [1.54, 1.807) is 16.2 Å². The number of nitrogens with zero attached hydrogens (tertiary/aromatic N) is 3. The first kappa shape index (κ1) is 21.8. The number of thioether (sulfide) groups is 1. The fraction of sp³-hybridized carbons (Fsp3) is 0.650. The molecule has 3 heterocycles. The molecule has 0 bridgehead atoms. The zero-order valence-corrected chi connectivity index (χ0v) is 19.8. The highest BCUT2D eigenvalue weighted by molar-refractivity contribution is 7.99. The van der Waals surface area contributed by atoms with E-state index in [0.717, 1.165) is 29.5 Å². The number of hydrogen-bond donors (Lipinski definition) is 1. The molecule has 2 atom stereocenters. The number of nitrogen functional groups attached to an aromatic ring is 1. The highest BCUT2D eigenvalue weighted by atomic mass is 32.2. The van der Waals surface area contributed by atoms with Gasteiger partial charge in [-0.15, -0.1) is 11.3 Å². The molecule has 1 aliphatic carbocycles. The van der Waals surface area contributed by atoms with Crippen molar-refractivity contribution in [3.05, 3.63) is 10.4 Å². The number of nitrogens with two attached hydrogens (primary N) is 1. The highest BCUT2D eigenvalue weighted by Crippen LogP contribution is 2.38. The van der Waals surface area contributed by atoms with Crippen LogP contribution < -0.4 is 5.73 Å². The van der Waals surface area contributed by atoms with Crippen LogP contribution in [-0.2, 0) is 27.5 Å². The molecule has 0 saturated carbocycles. The maximum Gasteiger partial charge on any atom is 0.233 e. The van der Waals surface area contributed by atoms with Crippen molar-refractivity contribution in [2.75, 3.05) is 23.0 Å². The highest BCUT2D eigenvalue weighted by Gasteiger charge is 2.36. The molecule has 164 valence electrons. The SMILES string of the molecule is CC[C@@H](C)N(C(=O)CSc1nc(N)c2c3c(sc2n1)CCCC3)[C@H]1CCS(=O)(=O)C1. The first-order valence-electron chi connectivity index (χ1n) is 10.5. The van der Waals surface area contributed by atoms with Crippen LogP contribution in [0.3, 0.4) is 0 Å². The largest absolute Gasteiger partial charge is 0.383 e. The lowest BCUT2D eigenvalue weighted by atomic mass is 9.97. The molecule has 2 aromatic rings. The van der Waals surface area contributed by atoms with Gasteiger partial charge in [0.25, 0.3) is 0 Å². The van der Waals surface area contributed by atoms with Crippen molar-refractivity contribution in [3.63, 3.8) is 0 Å². The van der Waals surface area contributed by atoms with Crippen molar-refractivity contribution in [1.82, 2.24) is 14.9 Å². The minimum Gasteiger partial charge on any atom is -0.383 e. The number of anilines is 1. The number of thiophene rings is 1. The van der Waals surface area contributed by atoms with E-state index in [9.17, 15) is 13.2 Å². The minimum atomic E-state index is -3.06. The van der Waals surface area contributed by atoms with E-state index in [2.05, 4.69) is 9.97 Å². The van der Waals surface area contributed by atoms with Gasteiger partial charge in [-0.3, -0.25) is 4.79 Å². The zero-order chi connectivity index (χ0) is 21.5. The third-order valence-corrected chi connectivity index (χ3v) is 9.87. The summed E-state index contributed by atoms with van der Waals surface area (Å²) < 4.78 is 23.9. The number of aromatic nitrogens is 2. The number of sulfone groups is 1. The number of hydrogen-bond acceptors (Lipinski definition) is 8. The van der Waals surface area contributed by atoms with E-state index in [0.29, 0.717) is 17.4 Å². The van der Waals surface area contributed by atoms with Gasteiger partial charge in [0, 0.05) is 17.0 Å². The predicted octanol–water partition coefficient (Wildman–Crippen LogP) is 3.06. The summed E-state index contributed by atoms with van der Waals surface area (Å²) in [5.41, 5.74) is 7.57. The van der Waals surface area contributed by atoms with Gasteiger partial charge in [-0.25, -0.2) is 18.4 Å². The normalized spacial score (nSPS) is 21.5. The molecule has 2 aromatic heterocycles. The van der Waals surface area contributed by atoms with E-state index in [1.807, 2.05) is 13.8 Å². The first-order chi connectivity index (χ1) is 14.3. The molecule has 4 rings (SSSR count). The van der Waals surface area contributed by atoms with Crippen LogP contribution in [0, 0.1) is 0 Å². The van der Waals surface area contributed by atoms with Crippen molar-refractivity contribution < 1.29 is 13.2 Å². The van der Waals surface area contributed by atoms with Crippen LogP contribution in [0.1, 0.15) is 50.0 Å². The van der Waals surface area contributed by atoms with Gasteiger partial charge < -0.3 is 10.6 Å². The molecule has 2 aliphatic rings. The molecule has 0 radical (unpaired) electrons. The Balaban J connectivity index is 1.51. The van der Waals surface area contributed by atoms with Gasteiger partial charge in [0.05, 0.1) is 22.6 Å². The third-order valence-electron chi connectivity index (χ3n) is 6.10. The molecule has 1 amide bonds. The van der Waals surface area contributed by atoms with Crippen LogP contribution in [-0.4, -0.2) is 58.5 Å². The number of aryl methyl sites for hydroxylation is 2. The summed E-state index contributed by atoms with van der Waals surface area (Å²) in [7, 11) is -3.06. The van der Waals surface area contributed by atoms with Crippen LogP contribution >= 0.6 is 23.1 Å². The monoisotopic (exact) mass is 468 g/mol. The summed E-state index contributed by atoms with van der Waals surface area (Å²) in [6.45, 7) is 3.99. The molecule has 10 heteroatoms. The Morgan fingerprint density at radius 1 is 1.33 bits per heavy atom. The van der Waals surface area contributed by atoms with E-state index in [-0.39, 0.29) is 35.2 Å². The Morgan fingerprint density at radius 2 is 2.10 bits per heavy atom. The van der Waals surface area contributed by atoms with Gasteiger partial charge in [-0.05, 0) is 51.0 Å². The smallest absolute Gasteiger partial charge is 0.233 e. The Morgan fingerprint density at radius 3 is 2.80 bits per heavy atom. The van der Waals surface area contributed by atoms with Gasteiger partial charge in [0.15, 0.2) is 15.0 Å². The van der Waals surface area contributed by atoms with Crippen LogP contribution in [0.4, 0.5) is 5.82 Å². The number of carbonyl (C=O) groups excluding carboxylic acids is 1. The Hall–Kier alpha value is -1.39. The predicted molar refractivity (Wildman–Crippen MR) is 123 cm³/mol. The summed E-state index contributed by atoms with van der Waals surface area (Å²) in [4.78, 5) is 26.2. The Labute approximate surface area is 185 Å². The van der Waals surface area contributed by atoms with Gasteiger partial charge in [0.1, 0.15) is 10.6 Å². The summed E-state index contributed by atoms with van der Waals surface area (Å²) in [5.74, 6) is 0.824. The summed E-state index contributed by atoms with van der Waals surface area (Å²) >= 11 is 2.97. The molecular formula is C20H28N4O3S3. The minimum absolute atomic E-state index is 0.00566. The summed E-state index contributed by atoms with van der Waals surface area (Å²) in [6, 6.07) is -0.246. The number of fused-ring (bicyclic) bond motifs is 3. The van der Waals surface area contributed by atoms with Crippen LogP contribution in [0.2, 0.25) is 0 Å². The molecule has 1 saturated heterocycles. The van der Waals surface area contributed by atoms with Crippen molar-refractivity contribution in [2.45, 2.75) is 69.6 Å². The van der Waals surface area contributed by atoms with Crippen molar-refractivity contribution >= 4 is 54.9 Å². The Kier molecular flexibility index (Phi) is 6.28. The second kappa shape index (κ2) is 8.63. The average molecular weight is 469 g/mol. The fourth-order valence-corrected chi connectivity index (χ4v) is 8.19. The molecular weight excluding hydrogens is 440 g/mol. The van der Waals surface area contributed by atoms with Gasteiger partial charge in [-0.2, -0.15) is 0 Å². The Bertz CT molecular complexity index is 1070. The van der Waals surface area contributed by atoms with Crippen molar-refractivity contribution in [1.29, 1.82) is 0 Å². The second-order valence-electron chi connectivity index (χ2n) is 8.19. The van der Waals surface area contributed by atoms with Crippen LogP contribution in [0.5, 0.6) is 0 Å². The van der Waals surface area contributed by atoms with Gasteiger partial charge in [0.2, 0.25) is 5.91 Å². The number of carbonyl (C=O) groups is 1. The molecule has 1 aliphatic heterocycles. The fourth-order valence-electron chi connectivity index (χ4n) is 4.43.